The molecule has 0 bridgehead atoms. The van der Waals surface area contributed by atoms with E-state index in [1.165, 1.54) is 0 Å². The molecule has 0 spiro atoms. The molecule has 2 N–H and O–H groups in total. The zero-order valence-corrected chi connectivity index (χ0v) is 16.8. The molecule has 4 rings (SSSR count). The molecule has 0 aliphatic rings. The summed E-state index contributed by atoms with van der Waals surface area (Å²) in [5, 5.41) is 4.74. The summed E-state index contributed by atoms with van der Waals surface area (Å²) in [6.07, 6.45) is 6.04. The molecular formula is C21H20ClN5O2. The highest BCUT2D eigenvalue weighted by molar-refractivity contribution is 6.30. The average molecular weight is 410 g/mol. The van der Waals surface area contributed by atoms with Crippen molar-refractivity contribution in [2.24, 2.45) is 0 Å². The highest BCUT2D eigenvalue weighted by atomic mass is 35.5. The summed E-state index contributed by atoms with van der Waals surface area (Å²) in [6, 6.07) is 9.65. The van der Waals surface area contributed by atoms with Crippen LogP contribution >= 0.6 is 11.6 Å². The van der Waals surface area contributed by atoms with E-state index in [0.717, 1.165) is 33.5 Å². The van der Waals surface area contributed by atoms with Crippen LogP contribution in [-0.4, -0.2) is 34.2 Å². The van der Waals surface area contributed by atoms with Crippen molar-refractivity contribution in [2.75, 3.05) is 19.5 Å². The predicted octanol–water partition coefficient (Wildman–Crippen LogP) is 4.23. The van der Waals surface area contributed by atoms with E-state index in [0.29, 0.717) is 29.8 Å². The third kappa shape index (κ3) is 4.25. The average Bonchev–Trinajstić information content (AvgIpc) is 3.16. The second kappa shape index (κ2) is 8.36. The maximum absolute atomic E-state index is 6.45. The van der Waals surface area contributed by atoms with Crippen LogP contribution in [0.3, 0.4) is 0 Å². The Morgan fingerprint density at radius 3 is 2.66 bits per heavy atom. The molecule has 0 saturated carbocycles. The van der Waals surface area contributed by atoms with E-state index in [4.69, 9.17) is 21.1 Å². The van der Waals surface area contributed by atoms with E-state index in [-0.39, 0.29) is 0 Å². The number of ether oxygens (including phenoxy) is 2. The third-order valence-electron chi connectivity index (χ3n) is 4.61. The fourth-order valence-corrected chi connectivity index (χ4v) is 3.24. The Morgan fingerprint density at radius 1 is 1.03 bits per heavy atom. The van der Waals surface area contributed by atoms with Crippen LogP contribution in [0.4, 0.5) is 5.82 Å². The van der Waals surface area contributed by atoms with Crippen molar-refractivity contribution in [3.05, 3.63) is 70.8 Å². The maximum Gasteiger partial charge on any atom is 0.212 e. The van der Waals surface area contributed by atoms with Gasteiger partial charge in [-0.15, -0.1) is 0 Å². The molecule has 4 heterocycles. The third-order valence-corrected chi connectivity index (χ3v) is 4.94. The molecule has 0 aliphatic carbocycles. The van der Waals surface area contributed by atoms with E-state index in [9.17, 15) is 0 Å². The quantitative estimate of drug-likeness (QED) is 0.444. The molecule has 0 unspecified atom stereocenters. The minimum atomic E-state index is 0.466. The normalized spacial score (nSPS) is 10.9. The standard InChI is InChI=1S/C21H20ClN5O2/c1-28-16-8-17-15(11-25-21(17)26-12-16)7-14-4-5-18(27-20(14)22)23-9-13-3-6-19(29-2)24-10-13/h3-6,8,10-12H,7,9H2,1-2H3,(H,23,27)(H,25,26). The fourth-order valence-electron chi connectivity index (χ4n) is 3.02. The molecule has 0 amide bonds. The van der Waals surface area contributed by atoms with Gasteiger partial charge in [-0.1, -0.05) is 23.7 Å². The molecule has 0 radical (unpaired) electrons. The van der Waals surface area contributed by atoms with Crippen molar-refractivity contribution in [1.82, 2.24) is 19.9 Å². The summed E-state index contributed by atoms with van der Waals surface area (Å²) in [4.78, 5) is 16.2. The number of halogens is 1. The van der Waals surface area contributed by atoms with Crippen LogP contribution in [0.2, 0.25) is 5.15 Å². The first-order valence-electron chi connectivity index (χ1n) is 9.04. The van der Waals surface area contributed by atoms with Gasteiger partial charge >= 0.3 is 0 Å². The van der Waals surface area contributed by atoms with Gasteiger partial charge in [0.25, 0.3) is 0 Å². The number of nitrogens with one attached hydrogen (secondary N) is 2. The van der Waals surface area contributed by atoms with Crippen LogP contribution in [0.15, 0.2) is 48.9 Å². The zero-order chi connectivity index (χ0) is 20.2. The van der Waals surface area contributed by atoms with E-state index >= 15 is 0 Å². The summed E-state index contributed by atoms with van der Waals surface area (Å²) in [5.74, 6) is 2.01. The summed E-state index contributed by atoms with van der Waals surface area (Å²) < 4.78 is 10.3. The largest absolute Gasteiger partial charge is 0.495 e. The first-order valence-corrected chi connectivity index (χ1v) is 9.42. The molecule has 7 nitrogen and oxygen atoms in total. The summed E-state index contributed by atoms with van der Waals surface area (Å²) in [5.41, 5.74) is 3.86. The second-order valence-electron chi connectivity index (χ2n) is 6.47. The monoisotopic (exact) mass is 409 g/mol. The van der Waals surface area contributed by atoms with E-state index in [1.54, 1.807) is 26.6 Å². The summed E-state index contributed by atoms with van der Waals surface area (Å²) in [6.45, 7) is 0.591. The number of aromatic nitrogens is 4. The van der Waals surface area contributed by atoms with Gasteiger partial charge in [0.05, 0.1) is 20.4 Å². The molecule has 0 saturated heterocycles. The van der Waals surface area contributed by atoms with Gasteiger partial charge in [0.2, 0.25) is 5.88 Å². The number of aromatic amines is 1. The second-order valence-corrected chi connectivity index (χ2v) is 6.83. The molecule has 4 aromatic heterocycles. The van der Waals surface area contributed by atoms with Gasteiger partial charge in [-0.25, -0.2) is 15.0 Å². The number of methoxy groups -OCH3 is 2. The van der Waals surface area contributed by atoms with Crippen molar-refractivity contribution >= 4 is 28.5 Å². The first kappa shape index (κ1) is 19.0. The van der Waals surface area contributed by atoms with Crippen LogP contribution in [0.5, 0.6) is 11.6 Å². The molecule has 0 aromatic carbocycles. The lowest BCUT2D eigenvalue weighted by atomic mass is 10.1. The Kier molecular flexibility index (Phi) is 5.48. The zero-order valence-electron chi connectivity index (χ0n) is 16.1. The summed E-state index contributed by atoms with van der Waals surface area (Å²) in [7, 11) is 3.22. The van der Waals surface area contributed by atoms with Gasteiger partial charge in [0, 0.05) is 36.8 Å². The number of anilines is 1. The van der Waals surface area contributed by atoms with E-state index in [2.05, 4.69) is 25.3 Å². The highest BCUT2D eigenvalue weighted by Crippen LogP contribution is 2.26. The molecule has 0 fully saturated rings. The van der Waals surface area contributed by atoms with Crippen molar-refractivity contribution in [3.63, 3.8) is 0 Å². The van der Waals surface area contributed by atoms with Crippen LogP contribution in [0.25, 0.3) is 11.0 Å². The topological polar surface area (TPSA) is 85.0 Å². The number of pyridine rings is 3. The molecule has 148 valence electrons. The Balaban J connectivity index is 1.47. The summed E-state index contributed by atoms with van der Waals surface area (Å²) >= 11 is 6.45. The Labute approximate surface area is 173 Å². The number of rotatable bonds is 7. The van der Waals surface area contributed by atoms with Crippen molar-refractivity contribution in [1.29, 1.82) is 0 Å². The highest BCUT2D eigenvalue weighted by Gasteiger charge is 2.11. The Hall–Kier alpha value is -3.32. The van der Waals surface area contributed by atoms with Crippen LogP contribution in [0, 0.1) is 0 Å². The van der Waals surface area contributed by atoms with Crippen molar-refractivity contribution in [2.45, 2.75) is 13.0 Å². The van der Waals surface area contributed by atoms with Gasteiger partial charge in [-0.05, 0) is 28.8 Å². The molecule has 29 heavy (non-hydrogen) atoms. The van der Waals surface area contributed by atoms with Gasteiger partial charge in [-0.3, -0.25) is 0 Å². The number of hydrogen-bond donors (Lipinski definition) is 2. The lowest BCUT2D eigenvalue weighted by Crippen LogP contribution is -2.03. The van der Waals surface area contributed by atoms with Gasteiger partial charge in [0.1, 0.15) is 22.4 Å². The fraction of sp³-hybridized carbons (Fsp3) is 0.190. The molecule has 0 atom stereocenters. The molecule has 0 aliphatic heterocycles. The van der Waals surface area contributed by atoms with Crippen LogP contribution in [0.1, 0.15) is 16.7 Å². The minimum Gasteiger partial charge on any atom is -0.495 e. The number of fused-ring (bicyclic) bond motifs is 1. The molecular weight excluding hydrogens is 390 g/mol. The first-order chi connectivity index (χ1) is 14.2. The van der Waals surface area contributed by atoms with Gasteiger partial charge in [-0.2, -0.15) is 0 Å². The van der Waals surface area contributed by atoms with Crippen LogP contribution in [-0.2, 0) is 13.0 Å². The van der Waals surface area contributed by atoms with Crippen molar-refractivity contribution < 1.29 is 9.47 Å². The number of hydrogen-bond acceptors (Lipinski definition) is 6. The number of nitrogens with zero attached hydrogens (tertiary/aromatic N) is 3. The van der Waals surface area contributed by atoms with Crippen LogP contribution < -0.4 is 14.8 Å². The molecule has 4 aromatic rings. The smallest absolute Gasteiger partial charge is 0.212 e. The minimum absolute atomic E-state index is 0.466. The molecule has 8 heteroatoms. The number of H-pyrrole nitrogens is 1. The van der Waals surface area contributed by atoms with E-state index in [1.807, 2.05) is 36.5 Å². The lowest BCUT2D eigenvalue weighted by molar-refractivity contribution is 0.397. The SMILES string of the molecule is COc1cnc2[nH]cc(Cc3ccc(NCc4ccc(OC)nc4)nc3Cl)c2c1. The van der Waals surface area contributed by atoms with Gasteiger partial charge in [0.15, 0.2) is 0 Å². The Bertz CT molecular complexity index is 1130. The van der Waals surface area contributed by atoms with Gasteiger partial charge < -0.3 is 19.8 Å². The lowest BCUT2D eigenvalue weighted by Gasteiger charge is -2.09. The van der Waals surface area contributed by atoms with Crippen molar-refractivity contribution in [3.8, 4) is 11.6 Å². The Morgan fingerprint density at radius 2 is 1.93 bits per heavy atom. The maximum atomic E-state index is 6.45. The van der Waals surface area contributed by atoms with E-state index < -0.39 is 0 Å². The predicted molar refractivity (Wildman–Crippen MR) is 113 cm³/mol.